The number of carbonyl (C=O) groups excluding carboxylic acids is 1. The first-order chi connectivity index (χ1) is 10.8. The minimum Gasteiger partial charge on any atom is -0.276 e. The van der Waals surface area contributed by atoms with Crippen LogP contribution in [0.2, 0.25) is 0 Å². The summed E-state index contributed by atoms with van der Waals surface area (Å²) >= 11 is 0. The van der Waals surface area contributed by atoms with Crippen LogP contribution in [0, 0.1) is 25.2 Å². The second-order valence-electron chi connectivity index (χ2n) is 4.87. The van der Waals surface area contributed by atoms with Crippen LogP contribution in [-0.4, -0.2) is 24.1 Å². The first-order valence-electron chi connectivity index (χ1n) is 6.64. The van der Waals surface area contributed by atoms with Gasteiger partial charge < -0.3 is 0 Å². The van der Waals surface area contributed by atoms with E-state index in [2.05, 4.69) is 10.5 Å². The molecule has 2 N–H and O–H groups in total. The highest BCUT2D eigenvalue weighted by Crippen LogP contribution is 2.09. The molecule has 1 amide bonds. The Morgan fingerprint density at radius 1 is 1.30 bits per heavy atom. The van der Waals surface area contributed by atoms with Gasteiger partial charge in [-0.15, -0.1) is 4.83 Å². The van der Waals surface area contributed by atoms with Crippen molar-refractivity contribution in [1.82, 2.24) is 20.0 Å². The zero-order valence-corrected chi connectivity index (χ0v) is 13.4. The Hall–Kier alpha value is -2.70. The fourth-order valence-electron chi connectivity index (χ4n) is 1.90. The van der Waals surface area contributed by atoms with Gasteiger partial charge in [-0.05, 0) is 44.2 Å². The standard InChI is InChI=1S/C14H15N5O3S/c1-10-7-11(2)19(17-10)9-14(20)16-18-23(21,22)13-5-3-12(8-15)4-6-13/h3-7,18H,9H2,1-2H3,(H,16,20). The summed E-state index contributed by atoms with van der Waals surface area (Å²) in [6.07, 6.45) is 0. The van der Waals surface area contributed by atoms with E-state index in [4.69, 9.17) is 5.26 Å². The molecule has 23 heavy (non-hydrogen) atoms. The van der Waals surface area contributed by atoms with Crippen molar-refractivity contribution >= 4 is 15.9 Å². The number of hydrazine groups is 1. The third-order valence-electron chi connectivity index (χ3n) is 3.02. The molecule has 0 spiro atoms. The molecule has 0 aliphatic rings. The van der Waals surface area contributed by atoms with Crippen LogP contribution in [0.15, 0.2) is 35.2 Å². The number of carbonyl (C=O) groups is 1. The molecule has 1 heterocycles. The number of amides is 1. The number of rotatable bonds is 5. The van der Waals surface area contributed by atoms with Gasteiger partial charge in [0.2, 0.25) is 0 Å². The van der Waals surface area contributed by atoms with Gasteiger partial charge in [0.25, 0.3) is 15.9 Å². The Morgan fingerprint density at radius 3 is 2.48 bits per heavy atom. The van der Waals surface area contributed by atoms with Gasteiger partial charge in [0.05, 0.1) is 22.2 Å². The minimum atomic E-state index is -3.90. The van der Waals surface area contributed by atoms with Crippen LogP contribution >= 0.6 is 0 Å². The zero-order chi connectivity index (χ0) is 17.0. The van der Waals surface area contributed by atoms with Crippen LogP contribution < -0.4 is 10.3 Å². The summed E-state index contributed by atoms with van der Waals surface area (Å²) in [7, 11) is -3.90. The second-order valence-corrected chi connectivity index (χ2v) is 6.56. The number of hydrogen-bond donors (Lipinski definition) is 2. The van der Waals surface area contributed by atoms with Crippen LogP contribution in [0.3, 0.4) is 0 Å². The minimum absolute atomic E-state index is 0.0529. The van der Waals surface area contributed by atoms with Crippen LogP contribution in [0.4, 0.5) is 0 Å². The molecule has 1 aromatic heterocycles. The lowest BCUT2D eigenvalue weighted by Gasteiger charge is -2.09. The number of nitriles is 1. The number of aryl methyl sites for hydroxylation is 2. The zero-order valence-electron chi connectivity index (χ0n) is 12.6. The van der Waals surface area contributed by atoms with Gasteiger partial charge in [0, 0.05) is 5.69 Å². The van der Waals surface area contributed by atoms with Crippen LogP contribution in [0.5, 0.6) is 0 Å². The van der Waals surface area contributed by atoms with Crippen LogP contribution in [-0.2, 0) is 21.4 Å². The van der Waals surface area contributed by atoms with Gasteiger partial charge in [-0.3, -0.25) is 14.9 Å². The fraction of sp³-hybridized carbons (Fsp3) is 0.214. The van der Waals surface area contributed by atoms with Gasteiger partial charge in [-0.1, -0.05) is 0 Å². The molecule has 120 valence electrons. The van der Waals surface area contributed by atoms with Crippen molar-refractivity contribution in [3.05, 3.63) is 47.3 Å². The Balaban J connectivity index is 1.99. The van der Waals surface area contributed by atoms with E-state index in [1.54, 1.807) is 13.8 Å². The van der Waals surface area contributed by atoms with Crippen molar-refractivity contribution in [3.8, 4) is 6.07 Å². The molecule has 8 nitrogen and oxygen atoms in total. The van der Waals surface area contributed by atoms with E-state index in [9.17, 15) is 13.2 Å². The maximum atomic E-state index is 12.0. The molecule has 0 atom stereocenters. The van der Waals surface area contributed by atoms with Gasteiger partial charge in [-0.25, -0.2) is 8.42 Å². The lowest BCUT2D eigenvalue weighted by atomic mass is 10.2. The number of sulfonamides is 1. The largest absolute Gasteiger partial charge is 0.276 e. The molecular weight excluding hydrogens is 318 g/mol. The quantitative estimate of drug-likeness (QED) is 0.767. The molecule has 2 rings (SSSR count). The van der Waals surface area contributed by atoms with E-state index in [0.717, 1.165) is 11.4 Å². The van der Waals surface area contributed by atoms with Crippen LogP contribution in [0.1, 0.15) is 17.0 Å². The summed E-state index contributed by atoms with van der Waals surface area (Å²) in [6.45, 7) is 3.50. The van der Waals surface area contributed by atoms with Crippen molar-refractivity contribution in [1.29, 1.82) is 5.26 Å². The second kappa shape index (κ2) is 6.60. The fourth-order valence-corrected chi connectivity index (χ4v) is 2.76. The summed E-state index contributed by atoms with van der Waals surface area (Å²) in [5.74, 6) is -0.548. The molecule has 0 unspecified atom stereocenters. The predicted molar refractivity (Wildman–Crippen MR) is 81.3 cm³/mol. The Bertz CT molecular complexity index is 863. The lowest BCUT2D eigenvalue weighted by molar-refractivity contribution is -0.122. The molecule has 2 aromatic rings. The van der Waals surface area contributed by atoms with E-state index in [0.29, 0.717) is 5.56 Å². The first-order valence-corrected chi connectivity index (χ1v) is 8.12. The maximum absolute atomic E-state index is 12.0. The van der Waals surface area contributed by atoms with Gasteiger partial charge in [-0.2, -0.15) is 10.4 Å². The van der Waals surface area contributed by atoms with E-state index in [-0.39, 0.29) is 11.4 Å². The van der Waals surface area contributed by atoms with Crippen molar-refractivity contribution in [2.75, 3.05) is 0 Å². The third kappa shape index (κ3) is 4.15. The molecule has 0 saturated heterocycles. The van der Waals surface area contributed by atoms with E-state index >= 15 is 0 Å². The van der Waals surface area contributed by atoms with Crippen LogP contribution in [0.25, 0.3) is 0 Å². The lowest BCUT2D eigenvalue weighted by Crippen LogP contribution is -2.43. The van der Waals surface area contributed by atoms with Crippen molar-refractivity contribution in [2.24, 2.45) is 0 Å². The molecule has 0 radical (unpaired) electrons. The third-order valence-corrected chi connectivity index (χ3v) is 4.28. The summed E-state index contributed by atoms with van der Waals surface area (Å²) in [5, 5.41) is 12.8. The van der Waals surface area contributed by atoms with E-state index in [1.807, 2.05) is 17.0 Å². The molecule has 0 aliphatic heterocycles. The first kappa shape index (κ1) is 16.7. The Kier molecular flexibility index (Phi) is 4.78. The Labute approximate surface area is 133 Å². The summed E-state index contributed by atoms with van der Waals surface area (Å²) in [6, 6.07) is 9.04. The highest BCUT2D eigenvalue weighted by molar-refractivity contribution is 7.89. The van der Waals surface area contributed by atoms with Gasteiger partial charge in [0.1, 0.15) is 6.54 Å². The SMILES string of the molecule is Cc1cc(C)n(CC(=O)NNS(=O)(=O)c2ccc(C#N)cc2)n1. The molecule has 9 heteroatoms. The molecule has 0 saturated carbocycles. The molecule has 1 aromatic carbocycles. The highest BCUT2D eigenvalue weighted by atomic mass is 32.2. The maximum Gasteiger partial charge on any atom is 0.257 e. The van der Waals surface area contributed by atoms with Crippen molar-refractivity contribution in [3.63, 3.8) is 0 Å². The van der Waals surface area contributed by atoms with Crippen molar-refractivity contribution in [2.45, 2.75) is 25.3 Å². The molecule has 0 fully saturated rings. The highest BCUT2D eigenvalue weighted by Gasteiger charge is 2.15. The van der Waals surface area contributed by atoms with E-state index in [1.165, 1.54) is 28.9 Å². The van der Waals surface area contributed by atoms with E-state index < -0.39 is 15.9 Å². The van der Waals surface area contributed by atoms with Crippen molar-refractivity contribution < 1.29 is 13.2 Å². The number of benzene rings is 1. The van der Waals surface area contributed by atoms with Gasteiger partial charge >= 0.3 is 0 Å². The summed E-state index contributed by atoms with van der Waals surface area (Å²) in [4.78, 5) is 13.8. The van der Waals surface area contributed by atoms with Gasteiger partial charge in [0.15, 0.2) is 0 Å². The number of nitrogens with zero attached hydrogens (tertiary/aromatic N) is 3. The predicted octanol–water partition coefficient (Wildman–Crippen LogP) is 0.381. The number of nitrogens with one attached hydrogen (secondary N) is 2. The Morgan fingerprint density at radius 2 is 1.96 bits per heavy atom. The average Bonchev–Trinajstić information content (AvgIpc) is 2.83. The monoisotopic (exact) mass is 333 g/mol. The molecular formula is C14H15N5O3S. The number of hydrogen-bond acceptors (Lipinski definition) is 5. The molecule has 0 bridgehead atoms. The summed E-state index contributed by atoms with van der Waals surface area (Å²) < 4.78 is 25.5. The molecule has 0 aliphatic carbocycles. The number of aromatic nitrogens is 2. The average molecular weight is 333 g/mol. The smallest absolute Gasteiger partial charge is 0.257 e. The normalized spacial score (nSPS) is 11.0. The summed E-state index contributed by atoms with van der Waals surface area (Å²) in [5.41, 5.74) is 4.05. The topological polar surface area (TPSA) is 117 Å².